The molecule has 3 saturated heterocycles. The zero-order valence-electron chi connectivity index (χ0n) is 18.5. The largest absolute Gasteiger partial charge is 0.417 e. The Morgan fingerprint density at radius 3 is 2.18 bits per heavy atom. The highest BCUT2D eigenvalue weighted by Gasteiger charge is 2.72. The van der Waals surface area contributed by atoms with Crippen molar-refractivity contribution in [3.05, 3.63) is 29.3 Å². The van der Waals surface area contributed by atoms with Gasteiger partial charge >= 0.3 is 12.2 Å². The topological polar surface area (TPSA) is 103 Å². The monoisotopic (exact) mass is 464 g/mol. The Bertz CT molecular complexity index is 1060. The van der Waals surface area contributed by atoms with Gasteiger partial charge in [0.25, 0.3) is 0 Å². The lowest BCUT2D eigenvalue weighted by Crippen LogP contribution is -2.61. The number of fused-ring (bicyclic) bond motifs is 5. The number of urea groups is 1. The first-order chi connectivity index (χ1) is 15.2. The summed E-state index contributed by atoms with van der Waals surface area (Å²) in [5.74, 6) is -3.28. The predicted molar refractivity (Wildman–Crippen MR) is 109 cm³/mol. The maximum Gasteiger partial charge on any atom is 0.417 e. The first-order valence-corrected chi connectivity index (χ1v) is 10.5. The quantitative estimate of drug-likeness (QED) is 0.678. The highest BCUT2D eigenvalue weighted by atomic mass is 19.4. The molecule has 3 heterocycles. The fourth-order valence-electron chi connectivity index (χ4n) is 5.37. The molecule has 1 aromatic rings. The van der Waals surface area contributed by atoms with E-state index in [0.29, 0.717) is 6.07 Å². The Kier molecular flexibility index (Phi) is 5.02. The summed E-state index contributed by atoms with van der Waals surface area (Å²) in [5.41, 5.74) is -4.44. The number of amides is 4. The third-order valence-electron chi connectivity index (χ3n) is 6.48. The van der Waals surface area contributed by atoms with Gasteiger partial charge in [-0.15, -0.1) is 0 Å². The molecular formula is C22H23F3N4O4. The Morgan fingerprint density at radius 1 is 1.18 bits per heavy atom. The van der Waals surface area contributed by atoms with Crippen molar-refractivity contribution in [2.24, 2.45) is 11.8 Å². The number of hydrogen-bond acceptors (Lipinski definition) is 5. The molecule has 0 saturated carbocycles. The fourth-order valence-corrected chi connectivity index (χ4v) is 5.37. The van der Waals surface area contributed by atoms with E-state index in [2.05, 4.69) is 5.32 Å². The summed E-state index contributed by atoms with van der Waals surface area (Å²) in [6, 6.07) is 3.79. The lowest BCUT2D eigenvalue weighted by molar-refractivity contribution is -0.161. The van der Waals surface area contributed by atoms with E-state index < -0.39 is 52.2 Å². The van der Waals surface area contributed by atoms with E-state index in [1.807, 2.05) is 13.8 Å². The number of anilines is 1. The second-order valence-corrected chi connectivity index (χ2v) is 9.49. The van der Waals surface area contributed by atoms with Crippen molar-refractivity contribution in [2.75, 3.05) is 18.0 Å². The summed E-state index contributed by atoms with van der Waals surface area (Å²) in [4.78, 5) is 41.7. The molecule has 0 spiro atoms. The molecule has 176 valence electrons. The SMILES string of the molecule is CC(C)NC(=O)N1CC2(C)OC(C)(C1)C1C(=O)N(c3ccc(C#N)c(C(F)(F)F)c3)C(=O)C12. The molecule has 2 bridgehead atoms. The molecule has 33 heavy (non-hydrogen) atoms. The summed E-state index contributed by atoms with van der Waals surface area (Å²) < 4.78 is 46.5. The normalized spacial score (nSPS) is 31.1. The maximum atomic E-state index is 13.4. The van der Waals surface area contributed by atoms with Crippen LogP contribution >= 0.6 is 0 Å². The number of likely N-dealkylation sites (tertiary alicyclic amines) is 1. The van der Waals surface area contributed by atoms with Crippen LogP contribution in [0.5, 0.6) is 0 Å². The zero-order valence-corrected chi connectivity index (χ0v) is 18.5. The zero-order chi connectivity index (χ0) is 24.5. The number of alkyl halides is 3. The van der Waals surface area contributed by atoms with Crippen LogP contribution in [0.15, 0.2) is 18.2 Å². The van der Waals surface area contributed by atoms with Gasteiger partial charge in [-0.3, -0.25) is 9.59 Å². The van der Waals surface area contributed by atoms with Crippen molar-refractivity contribution < 1.29 is 32.3 Å². The Balaban J connectivity index is 1.72. The summed E-state index contributed by atoms with van der Waals surface area (Å²) in [7, 11) is 0. The van der Waals surface area contributed by atoms with Crippen LogP contribution in [0.1, 0.15) is 38.8 Å². The third kappa shape index (κ3) is 3.44. The molecule has 11 heteroatoms. The number of carbonyl (C=O) groups is 3. The Labute approximate surface area is 188 Å². The van der Waals surface area contributed by atoms with Gasteiger partial charge in [-0.2, -0.15) is 18.4 Å². The van der Waals surface area contributed by atoms with Gasteiger partial charge in [-0.05, 0) is 45.9 Å². The average molecular weight is 464 g/mol. The minimum Gasteiger partial charge on any atom is -0.364 e. The second-order valence-electron chi connectivity index (χ2n) is 9.49. The number of nitriles is 1. The number of imide groups is 1. The van der Waals surface area contributed by atoms with Crippen molar-refractivity contribution in [1.29, 1.82) is 5.26 Å². The summed E-state index contributed by atoms with van der Waals surface area (Å²) in [6.45, 7) is 7.00. The van der Waals surface area contributed by atoms with Gasteiger partial charge in [0.15, 0.2) is 0 Å². The van der Waals surface area contributed by atoms with Crippen LogP contribution in [0.25, 0.3) is 0 Å². The predicted octanol–water partition coefficient (Wildman–Crippen LogP) is 2.66. The third-order valence-corrected chi connectivity index (χ3v) is 6.48. The lowest BCUT2D eigenvalue weighted by Gasteiger charge is -2.45. The molecule has 3 aliphatic rings. The molecule has 3 fully saturated rings. The number of benzene rings is 1. The number of nitrogens with one attached hydrogen (secondary N) is 1. The molecule has 1 N–H and O–H groups in total. The van der Waals surface area contributed by atoms with E-state index in [0.717, 1.165) is 17.0 Å². The molecule has 0 aromatic heterocycles. The summed E-state index contributed by atoms with van der Waals surface area (Å²) in [6.07, 6.45) is -4.83. The van der Waals surface area contributed by atoms with Crippen LogP contribution in [0.2, 0.25) is 0 Å². The van der Waals surface area contributed by atoms with Crippen LogP contribution in [-0.4, -0.2) is 53.1 Å². The minimum absolute atomic E-state index is 0.0519. The number of nitrogens with zero attached hydrogens (tertiary/aromatic N) is 3. The lowest BCUT2D eigenvalue weighted by atomic mass is 9.79. The molecule has 4 amide bonds. The highest BCUT2D eigenvalue weighted by Crippen LogP contribution is 2.55. The highest BCUT2D eigenvalue weighted by molar-refractivity contribution is 6.23. The van der Waals surface area contributed by atoms with Crippen LogP contribution in [0.3, 0.4) is 0 Å². The van der Waals surface area contributed by atoms with E-state index in [1.54, 1.807) is 13.8 Å². The van der Waals surface area contributed by atoms with E-state index in [-0.39, 0.29) is 30.8 Å². The first-order valence-electron chi connectivity index (χ1n) is 10.5. The van der Waals surface area contributed by atoms with Gasteiger partial charge in [-0.25, -0.2) is 9.69 Å². The van der Waals surface area contributed by atoms with Crippen LogP contribution in [0, 0.1) is 23.2 Å². The Morgan fingerprint density at radius 2 is 1.73 bits per heavy atom. The molecule has 1 aromatic carbocycles. The number of halogens is 3. The van der Waals surface area contributed by atoms with Crippen molar-refractivity contribution in [2.45, 2.75) is 51.1 Å². The van der Waals surface area contributed by atoms with Gasteiger partial charge in [-0.1, -0.05) is 0 Å². The Hall–Kier alpha value is -3.13. The van der Waals surface area contributed by atoms with Gasteiger partial charge in [0.05, 0.1) is 59.0 Å². The number of carbonyl (C=O) groups excluding carboxylic acids is 3. The standard InChI is InChI=1S/C22H23F3N4O4/c1-11(2)27-19(32)28-9-20(3)15-16(21(4,10-28)33-20)18(31)29(17(15)30)13-6-5-12(8-26)14(7-13)22(23,24)25/h5-7,11,15-16H,9-10H2,1-4H3,(H,27,32). The maximum absolute atomic E-state index is 13.4. The molecule has 3 aliphatic heterocycles. The minimum atomic E-state index is -4.83. The molecule has 8 nitrogen and oxygen atoms in total. The molecule has 4 rings (SSSR count). The van der Waals surface area contributed by atoms with E-state index in [4.69, 9.17) is 10.00 Å². The van der Waals surface area contributed by atoms with E-state index in [1.165, 1.54) is 11.0 Å². The van der Waals surface area contributed by atoms with Gasteiger partial charge < -0.3 is 15.0 Å². The van der Waals surface area contributed by atoms with Crippen LogP contribution < -0.4 is 10.2 Å². The van der Waals surface area contributed by atoms with Crippen molar-refractivity contribution in [3.8, 4) is 6.07 Å². The smallest absolute Gasteiger partial charge is 0.364 e. The number of morpholine rings is 1. The van der Waals surface area contributed by atoms with Crippen molar-refractivity contribution >= 4 is 23.5 Å². The molecule has 0 radical (unpaired) electrons. The van der Waals surface area contributed by atoms with Gasteiger partial charge in [0.1, 0.15) is 0 Å². The van der Waals surface area contributed by atoms with Gasteiger partial charge in [0, 0.05) is 6.04 Å². The molecule has 4 atom stereocenters. The van der Waals surface area contributed by atoms with E-state index >= 15 is 0 Å². The number of ether oxygens (including phenoxy) is 1. The number of hydrogen-bond donors (Lipinski definition) is 1. The van der Waals surface area contributed by atoms with Crippen molar-refractivity contribution in [3.63, 3.8) is 0 Å². The molecule has 0 aliphatic carbocycles. The molecule has 4 unspecified atom stereocenters. The first kappa shape index (κ1) is 23.0. The number of rotatable bonds is 2. The molecular weight excluding hydrogens is 441 g/mol. The van der Waals surface area contributed by atoms with Gasteiger partial charge in [0.2, 0.25) is 11.8 Å². The summed E-state index contributed by atoms with van der Waals surface area (Å²) >= 11 is 0. The fraction of sp³-hybridized carbons (Fsp3) is 0.545. The van der Waals surface area contributed by atoms with Crippen LogP contribution in [0.4, 0.5) is 23.7 Å². The summed E-state index contributed by atoms with van der Waals surface area (Å²) in [5, 5.41) is 11.8. The second kappa shape index (κ2) is 7.18. The van der Waals surface area contributed by atoms with E-state index in [9.17, 15) is 27.6 Å². The van der Waals surface area contributed by atoms with Crippen LogP contribution in [-0.2, 0) is 20.5 Å². The van der Waals surface area contributed by atoms with Crippen molar-refractivity contribution in [1.82, 2.24) is 10.2 Å². The average Bonchev–Trinajstić information content (AvgIpc) is 3.06.